The van der Waals surface area contributed by atoms with E-state index < -0.39 is 0 Å². The lowest BCUT2D eigenvalue weighted by Crippen LogP contribution is -2.38. The maximum absolute atomic E-state index is 12.1. The number of carbonyl (C=O) groups is 1. The van der Waals surface area contributed by atoms with Gasteiger partial charge in [-0.1, -0.05) is 19.1 Å². The summed E-state index contributed by atoms with van der Waals surface area (Å²) in [5.41, 5.74) is 0.922. The van der Waals surface area contributed by atoms with Gasteiger partial charge in [-0.15, -0.1) is 11.8 Å². The van der Waals surface area contributed by atoms with Crippen molar-refractivity contribution in [2.45, 2.75) is 24.7 Å². The molecule has 104 valence electrons. The first-order valence-electron chi connectivity index (χ1n) is 6.84. The molecule has 1 N–H and O–H groups in total. The monoisotopic (exact) mass is 278 g/mol. The number of benzene rings is 1. The number of nitrogens with one attached hydrogen (secondary N) is 1. The normalized spacial score (nSPS) is 17.4. The molecule has 0 unspecified atom stereocenters. The fraction of sp³-hybridized carbons (Fsp3) is 0.533. The lowest BCUT2D eigenvalue weighted by molar-refractivity contribution is -0.117. The largest absolute Gasteiger partial charge is 0.324 e. The van der Waals surface area contributed by atoms with Crippen LogP contribution in [0.2, 0.25) is 0 Å². The van der Waals surface area contributed by atoms with E-state index in [1.165, 1.54) is 12.8 Å². The maximum Gasteiger partial charge on any atom is 0.238 e. The van der Waals surface area contributed by atoms with Crippen LogP contribution >= 0.6 is 11.8 Å². The highest BCUT2D eigenvalue weighted by atomic mass is 32.2. The van der Waals surface area contributed by atoms with Crippen molar-refractivity contribution in [2.75, 3.05) is 31.2 Å². The van der Waals surface area contributed by atoms with Crippen molar-refractivity contribution in [3.63, 3.8) is 0 Å². The predicted octanol–water partition coefficient (Wildman–Crippen LogP) is 3.08. The van der Waals surface area contributed by atoms with Crippen LogP contribution in [0.3, 0.4) is 0 Å². The van der Waals surface area contributed by atoms with Crippen LogP contribution < -0.4 is 5.32 Å². The van der Waals surface area contributed by atoms with Gasteiger partial charge in [0.1, 0.15) is 0 Å². The molecule has 19 heavy (non-hydrogen) atoms. The number of rotatable bonds is 4. The summed E-state index contributed by atoms with van der Waals surface area (Å²) in [6, 6.07) is 7.94. The molecule has 0 aromatic heterocycles. The molecular weight excluding hydrogens is 256 g/mol. The van der Waals surface area contributed by atoms with Crippen molar-refractivity contribution in [1.82, 2.24) is 4.90 Å². The van der Waals surface area contributed by atoms with Crippen molar-refractivity contribution >= 4 is 23.4 Å². The van der Waals surface area contributed by atoms with Crippen molar-refractivity contribution in [2.24, 2.45) is 5.92 Å². The summed E-state index contributed by atoms with van der Waals surface area (Å²) < 4.78 is 0. The minimum Gasteiger partial charge on any atom is -0.324 e. The highest BCUT2D eigenvalue weighted by molar-refractivity contribution is 7.98. The van der Waals surface area contributed by atoms with Crippen LogP contribution in [0.1, 0.15) is 19.8 Å². The number of nitrogens with zero attached hydrogens (tertiary/aromatic N) is 1. The number of likely N-dealkylation sites (tertiary alicyclic amines) is 1. The van der Waals surface area contributed by atoms with Gasteiger partial charge < -0.3 is 5.32 Å². The minimum atomic E-state index is 0.0936. The Labute approximate surface area is 119 Å². The summed E-state index contributed by atoms with van der Waals surface area (Å²) in [6.07, 6.45) is 4.43. The van der Waals surface area contributed by atoms with Gasteiger partial charge in [-0.05, 0) is 50.2 Å². The lowest BCUT2D eigenvalue weighted by Gasteiger charge is -2.29. The van der Waals surface area contributed by atoms with Crippen LogP contribution in [-0.4, -0.2) is 36.7 Å². The third-order valence-electron chi connectivity index (χ3n) is 3.62. The van der Waals surface area contributed by atoms with Gasteiger partial charge in [0.05, 0.1) is 12.2 Å². The zero-order chi connectivity index (χ0) is 13.7. The Hall–Kier alpha value is -1.00. The minimum absolute atomic E-state index is 0.0936. The second-order valence-electron chi connectivity index (χ2n) is 5.21. The van der Waals surface area contributed by atoms with Gasteiger partial charge in [0.2, 0.25) is 5.91 Å². The van der Waals surface area contributed by atoms with E-state index >= 15 is 0 Å². The number of carbonyl (C=O) groups excluding carboxylic acids is 1. The molecule has 1 fully saturated rings. The Morgan fingerprint density at radius 1 is 1.37 bits per heavy atom. The topological polar surface area (TPSA) is 32.3 Å². The molecule has 1 saturated heterocycles. The van der Waals surface area contributed by atoms with Crippen molar-refractivity contribution < 1.29 is 4.79 Å². The number of hydrogen-bond acceptors (Lipinski definition) is 3. The Balaban J connectivity index is 1.87. The van der Waals surface area contributed by atoms with Crippen molar-refractivity contribution in [3.05, 3.63) is 24.3 Å². The Bertz CT molecular complexity index is 428. The summed E-state index contributed by atoms with van der Waals surface area (Å²) in [5.74, 6) is 0.896. The van der Waals surface area contributed by atoms with E-state index in [4.69, 9.17) is 0 Å². The van der Waals surface area contributed by atoms with Gasteiger partial charge in [0.15, 0.2) is 0 Å². The number of piperidine rings is 1. The average Bonchev–Trinajstić information content (AvgIpc) is 2.42. The highest BCUT2D eigenvalue weighted by Gasteiger charge is 2.18. The molecule has 3 nitrogen and oxygen atoms in total. The molecule has 1 heterocycles. The second-order valence-corrected chi connectivity index (χ2v) is 6.06. The number of hydrogen-bond donors (Lipinski definition) is 1. The number of thioether (sulfide) groups is 1. The molecule has 1 aliphatic heterocycles. The summed E-state index contributed by atoms with van der Waals surface area (Å²) in [6.45, 7) is 4.87. The zero-order valence-electron chi connectivity index (χ0n) is 11.7. The van der Waals surface area contributed by atoms with E-state index in [1.54, 1.807) is 11.8 Å². The van der Waals surface area contributed by atoms with Crippen LogP contribution in [0.15, 0.2) is 29.2 Å². The number of anilines is 1. The van der Waals surface area contributed by atoms with E-state index in [0.29, 0.717) is 6.54 Å². The molecule has 0 atom stereocenters. The first kappa shape index (κ1) is 14.4. The predicted molar refractivity (Wildman–Crippen MR) is 81.7 cm³/mol. The molecule has 1 aromatic rings. The third-order valence-corrected chi connectivity index (χ3v) is 4.42. The first-order valence-corrected chi connectivity index (χ1v) is 8.06. The summed E-state index contributed by atoms with van der Waals surface area (Å²) >= 11 is 1.66. The summed E-state index contributed by atoms with van der Waals surface area (Å²) in [7, 11) is 0. The molecule has 0 saturated carbocycles. The van der Waals surface area contributed by atoms with Crippen LogP contribution in [-0.2, 0) is 4.79 Å². The van der Waals surface area contributed by atoms with Crippen LogP contribution in [0.4, 0.5) is 5.69 Å². The quantitative estimate of drug-likeness (QED) is 0.859. The van der Waals surface area contributed by atoms with Gasteiger partial charge in [0.25, 0.3) is 0 Å². The molecular formula is C15H22N2OS. The maximum atomic E-state index is 12.1. The van der Waals surface area contributed by atoms with E-state index in [9.17, 15) is 4.79 Å². The SMILES string of the molecule is CSc1ccccc1NC(=O)CN1CCC(C)CC1. The van der Waals surface area contributed by atoms with Gasteiger partial charge in [-0.2, -0.15) is 0 Å². The smallest absolute Gasteiger partial charge is 0.238 e. The molecule has 4 heteroatoms. The Morgan fingerprint density at radius 3 is 2.74 bits per heavy atom. The summed E-state index contributed by atoms with van der Waals surface area (Å²) in [5, 5.41) is 3.02. The van der Waals surface area contributed by atoms with E-state index in [0.717, 1.165) is 29.6 Å². The fourth-order valence-electron chi connectivity index (χ4n) is 2.36. The average molecular weight is 278 g/mol. The standard InChI is InChI=1S/C15H22N2OS/c1-12-7-9-17(10-8-12)11-15(18)16-13-5-3-4-6-14(13)19-2/h3-6,12H,7-11H2,1-2H3,(H,16,18). The molecule has 0 aliphatic carbocycles. The molecule has 1 aliphatic rings. The van der Waals surface area contributed by atoms with E-state index in [1.807, 2.05) is 30.5 Å². The van der Waals surface area contributed by atoms with Crippen molar-refractivity contribution in [1.29, 1.82) is 0 Å². The number of para-hydroxylation sites is 1. The molecule has 0 radical (unpaired) electrons. The van der Waals surface area contributed by atoms with Gasteiger partial charge >= 0.3 is 0 Å². The molecule has 1 amide bonds. The van der Waals surface area contributed by atoms with Crippen LogP contribution in [0.5, 0.6) is 0 Å². The van der Waals surface area contributed by atoms with E-state index in [-0.39, 0.29) is 5.91 Å². The number of amides is 1. The molecule has 1 aromatic carbocycles. The van der Waals surface area contributed by atoms with E-state index in [2.05, 4.69) is 17.1 Å². The van der Waals surface area contributed by atoms with Gasteiger partial charge in [0, 0.05) is 4.90 Å². The van der Waals surface area contributed by atoms with Crippen LogP contribution in [0, 0.1) is 5.92 Å². The summed E-state index contributed by atoms with van der Waals surface area (Å²) in [4.78, 5) is 15.4. The van der Waals surface area contributed by atoms with Crippen molar-refractivity contribution in [3.8, 4) is 0 Å². The van der Waals surface area contributed by atoms with Gasteiger partial charge in [-0.3, -0.25) is 9.69 Å². The highest BCUT2D eigenvalue weighted by Crippen LogP contribution is 2.24. The van der Waals surface area contributed by atoms with Gasteiger partial charge in [-0.25, -0.2) is 0 Å². The molecule has 0 spiro atoms. The lowest BCUT2D eigenvalue weighted by atomic mass is 9.99. The molecule has 2 rings (SSSR count). The Morgan fingerprint density at radius 2 is 2.05 bits per heavy atom. The third kappa shape index (κ3) is 4.25. The van der Waals surface area contributed by atoms with Crippen LogP contribution in [0.25, 0.3) is 0 Å². The second kappa shape index (κ2) is 6.96. The molecule has 0 bridgehead atoms. The first-order chi connectivity index (χ1) is 9.19. The zero-order valence-corrected chi connectivity index (χ0v) is 12.5. The fourth-order valence-corrected chi connectivity index (χ4v) is 2.91. The Kier molecular flexibility index (Phi) is 5.28.